The van der Waals surface area contributed by atoms with Crippen molar-refractivity contribution in [3.8, 4) is 0 Å². The number of carbonyl (C=O) groups excluding carboxylic acids is 1. The van der Waals surface area contributed by atoms with Crippen molar-refractivity contribution in [2.45, 2.75) is 32.2 Å². The Hall–Kier alpha value is -2.97. The minimum absolute atomic E-state index is 0.0593. The molecule has 0 spiro atoms. The maximum Gasteiger partial charge on any atom is 0.407 e. The molecule has 0 aromatic heterocycles. The van der Waals surface area contributed by atoms with Gasteiger partial charge in [-0.2, -0.15) is 0 Å². The Morgan fingerprint density at radius 3 is 2.56 bits per heavy atom. The number of aliphatic hydroxyl groups excluding tert-OH is 2. The van der Waals surface area contributed by atoms with E-state index in [1.165, 1.54) is 25.1 Å². The van der Waals surface area contributed by atoms with E-state index < -0.39 is 23.2 Å². The molecule has 144 valence electrons. The number of hydrogen-bond acceptors (Lipinski definition) is 6. The van der Waals surface area contributed by atoms with E-state index >= 15 is 0 Å². The lowest BCUT2D eigenvalue weighted by molar-refractivity contribution is -0.385. The van der Waals surface area contributed by atoms with E-state index in [0.717, 1.165) is 5.56 Å². The van der Waals surface area contributed by atoms with Gasteiger partial charge < -0.3 is 20.3 Å². The summed E-state index contributed by atoms with van der Waals surface area (Å²) >= 11 is 0. The van der Waals surface area contributed by atoms with E-state index in [9.17, 15) is 25.1 Å². The molecule has 2 aromatic carbocycles. The van der Waals surface area contributed by atoms with Gasteiger partial charge in [0.1, 0.15) is 12.7 Å². The molecule has 2 rings (SSSR count). The van der Waals surface area contributed by atoms with E-state index in [1.807, 2.05) is 30.3 Å². The summed E-state index contributed by atoms with van der Waals surface area (Å²) in [6, 6.07) is 13.5. The van der Waals surface area contributed by atoms with Crippen LogP contribution in [0.15, 0.2) is 48.5 Å². The monoisotopic (exact) mass is 374 g/mol. The summed E-state index contributed by atoms with van der Waals surface area (Å²) in [7, 11) is 0. The van der Waals surface area contributed by atoms with Gasteiger partial charge in [-0.1, -0.05) is 42.5 Å². The maximum absolute atomic E-state index is 11.7. The van der Waals surface area contributed by atoms with Crippen molar-refractivity contribution in [2.24, 2.45) is 0 Å². The van der Waals surface area contributed by atoms with Crippen molar-refractivity contribution in [2.75, 3.05) is 6.54 Å². The van der Waals surface area contributed by atoms with Crippen LogP contribution in [0, 0.1) is 17.0 Å². The molecule has 27 heavy (non-hydrogen) atoms. The molecule has 2 unspecified atom stereocenters. The SMILES string of the molecule is Cc1c(C(O)C(O)CCNC(=O)OCc2ccccc2)cccc1[N+](=O)[O-]. The smallest absolute Gasteiger partial charge is 0.407 e. The summed E-state index contributed by atoms with van der Waals surface area (Å²) in [6.45, 7) is 1.73. The highest BCUT2D eigenvalue weighted by molar-refractivity contribution is 5.67. The molecule has 1 amide bonds. The zero-order valence-corrected chi connectivity index (χ0v) is 14.9. The fourth-order valence-corrected chi connectivity index (χ4v) is 2.62. The van der Waals surface area contributed by atoms with E-state index in [0.29, 0.717) is 5.56 Å². The van der Waals surface area contributed by atoms with E-state index in [-0.39, 0.29) is 30.8 Å². The molecule has 0 heterocycles. The number of rotatable bonds is 8. The molecule has 3 N–H and O–H groups in total. The van der Waals surface area contributed by atoms with Crippen LogP contribution in [0.4, 0.5) is 10.5 Å². The van der Waals surface area contributed by atoms with Gasteiger partial charge in [-0.3, -0.25) is 10.1 Å². The van der Waals surface area contributed by atoms with Crippen LogP contribution in [0.2, 0.25) is 0 Å². The number of carbonyl (C=O) groups is 1. The number of aliphatic hydroxyl groups is 2. The number of nitrogens with one attached hydrogen (secondary N) is 1. The summed E-state index contributed by atoms with van der Waals surface area (Å²) in [4.78, 5) is 22.1. The van der Waals surface area contributed by atoms with Crippen molar-refractivity contribution in [3.63, 3.8) is 0 Å². The normalized spacial score (nSPS) is 12.9. The van der Waals surface area contributed by atoms with Crippen LogP contribution < -0.4 is 5.32 Å². The number of hydrogen-bond donors (Lipinski definition) is 3. The van der Waals surface area contributed by atoms with Crippen LogP contribution in [0.25, 0.3) is 0 Å². The minimum Gasteiger partial charge on any atom is -0.445 e. The summed E-state index contributed by atoms with van der Waals surface area (Å²) < 4.78 is 5.05. The topological polar surface area (TPSA) is 122 Å². The van der Waals surface area contributed by atoms with Crippen LogP contribution >= 0.6 is 0 Å². The van der Waals surface area contributed by atoms with E-state index in [4.69, 9.17) is 4.74 Å². The molecular weight excluding hydrogens is 352 g/mol. The van der Waals surface area contributed by atoms with Gasteiger partial charge in [0, 0.05) is 18.2 Å². The number of amides is 1. The molecule has 0 saturated heterocycles. The van der Waals surface area contributed by atoms with Crippen molar-refractivity contribution in [1.82, 2.24) is 5.32 Å². The highest BCUT2D eigenvalue weighted by atomic mass is 16.6. The Morgan fingerprint density at radius 2 is 1.89 bits per heavy atom. The Balaban J connectivity index is 1.81. The van der Waals surface area contributed by atoms with Crippen molar-refractivity contribution >= 4 is 11.8 Å². The van der Waals surface area contributed by atoms with Gasteiger partial charge in [0.05, 0.1) is 11.0 Å². The number of benzene rings is 2. The lowest BCUT2D eigenvalue weighted by atomic mass is 9.97. The molecule has 8 heteroatoms. The lowest BCUT2D eigenvalue weighted by Crippen LogP contribution is -2.30. The maximum atomic E-state index is 11.7. The Kier molecular flexibility index (Phi) is 7.27. The van der Waals surface area contributed by atoms with Gasteiger partial charge in [0.2, 0.25) is 0 Å². The van der Waals surface area contributed by atoms with E-state index in [2.05, 4.69) is 5.32 Å². The predicted octanol–water partition coefficient (Wildman–Crippen LogP) is 2.61. The summed E-state index contributed by atoms with van der Waals surface area (Å²) in [5.41, 5.74) is 1.30. The molecule has 0 aliphatic rings. The van der Waals surface area contributed by atoms with E-state index in [1.54, 1.807) is 0 Å². The number of nitrogens with zero attached hydrogens (tertiary/aromatic N) is 1. The molecule has 8 nitrogen and oxygen atoms in total. The van der Waals surface area contributed by atoms with Crippen LogP contribution in [-0.2, 0) is 11.3 Å². The van der Waals surface area contributed by atoms with Gasteiger partial charge in [0.15, 0.2) is 0 Å². The first-order valence-electron chi connectivity index (χ1n) is 8.44. The Morgan fingerprint density at radius 1 is 1.19 bits per heavy atom. The molecule has 2 atom stereocenters. The predicted molar refractivity (Wildman–Crippen MR) is 98.0 cm³/mol. The van der Waals surface area contributed by atoms with Gasteiger partial charge in [-0.15, -0.1) is 0 Å². The molecule has 0 fully saturated rings. The Bertz CT molecular complexity index is 781. The van der Waals surface area contributed by atoms with Crippen LogP contribution in [0.5, 0.6) is 0 Å². The zero-order valence-electron chi connectivity index (χ0n) is 14.9. The second kappa shape index (κ2) is 9.65. The molecule has 2 aromatic rings. The van der Waals surface area contributed by atoms with Crippen LogP contribution in [-0.4, -0.2) is 33.9 Å². The van der Waals surface area contributed by atoms with Gasteiger partial charge in [0.25, 0.3) is 5.69 Å². The zero-order chi connectivity index (χ0) is 19.8. The summed E-state index contributed by atoms with van der Waals surface area (Å²) in [5, 5.41) is 33.9. The number of ether oxygens (including phenoxy) is 1. The molecule has 0 saturated carbocycles. The number of nitro benzene ring substituents is 1. The van der Waals surface area contributed by atoms with Gasteiger partial charge >= 0.3 is 6.09 Å². The van der Waals surface area contributed by atoms with Crippen molar-refractivity contribution < 1.29 is 24.7 Å². The summed E-state index contributed by atoms with van der Waals surface area (Å²) in [6.07, 6.45) is -3.07. The fourth-order valence-electron chi connectivity index (χ4n) is 2.62. The molecule has 0 aliphatic heterocycles. The second-order valence-electron chi connectivity index (χ2n) is 6.04. The summed E-state index contributed by atoms with van der Waals surface area (Å²) in [5.74, 6) is 0. The molecule has 0 radical (unpaired) electrons. The standard InChI is InChI=1S/C19H22N2O6/c1-13-15(8-5-9-16(13)21(25)26)18(23)17(22)10-11-20-19(24)27-12-14-6-3-2-4-7-14/h2-9,17-18,22-23H,10-12H2,1H3,(H,20,24). The third kappa shape index (κ3) is 5.77. The Labute approximate surface area is 156 Å². The molecule has 0 bridgehead atoms. The lowest BCUT2D eigenvalue weighted by Gasteiger charge is -2.20. The average Bonchev–Trinajstić information content (AvgIpc) is 2.66. The number of alkyl carbamates (subject to hydrolysis) is 1. The average molecular weight is 374 g/mol. The first kappa shape index (κ1) is 20.3. The third-order valence-electron chi connectivity index (χ3n) is 4.15. The van der Waals surface area contributed by atoms with Crippen LogP contribution in [0.1, 0.15) is 29.2 Å². The first-order valence-corrected chi connectivity index (χ1v) is 8.44. The van der Waals surface area contributed by atoms with Crippen molar-refractivity contribution in [3.05, 3.63) is 75.3 Å². The van der Waals surface area contributed by atoms with Gasteiger partial charge in [-0.05, 0) is 24.5 Å². The second-order valence-corrected chi connectivity index (χ2v) is 6.04. The third-order valence-corrected chi connectivity index (χ3v) is 4.15. The highest BCUT2D eigenvalue weighted by Gasteiger charge is 2.24. The number of nitro groups is 1. The first-order chi connectivity index (χ1) is 12.9. The van der Waals surface area contributed by atoms with Crippen molar-refractivity contribution in [1.29, 1.82) is 0 Å². The minimum atomic E-state index is -1.30. The quantitative estimate of drug-likeness (QED) is 0.482. The molecule has 0 aliphatic carbocycles. The van der Waals surface area contributed by atoms with Gasteiger partial charge in [-0.25, -0.2) is 4.79 Å². The fraction of sp³-hybridized carbons (Fsp3) is 0.316. The van der Waals surface area contributed by atoms with Crippen LogP contribution in [0.3, 0.4) is 0 Å². The largest absolute Gasteiger partial charge is 0.445 e. The molecular formula is C19H22N2O6. The highest BCUT2D eigenvalue weighted by Crippen LogP contribution is 2.28.